The topological polar surface area (TPSA) is 77.4 Å². The lowest BCUT2D eigenvalue weighted by atomic mass is 9.65. The Morgan fingerprint density at radius 3 is 1.50 bits per heavy atom. The zero-order valence-corrected chi connectivity index (χ0v) is 24.4. The summed E-state index contributed by atoms with van der Waals surface area (Å²) in [6.45, 7) is 2.27. The molecule has 0 bridgehead atoms. The number of hydrogen-bond donors (Lipinski definition) is 2. The van der Waals surface area contributed by atoms with Gasteiger partial charge in [-0.15, -0.1) is 0 Å². The van der Waals surface area contributed by atoms with Crippen LogP contribution in [0, 0.1) is 0 Å². The number of ether oxygens (including phenoxy) is 4. The van der Waals surface area contributed by atoms with E-state index in [4.69, 9.17) is 18.9 Å². The monoisotopic (exact) mass is 566 g/mol. The molecule has 0 heterocycles. The molecule has 1 fully saturated rings. The highest BCUT2D eigenvalue weighted by molar-refractivity contribution is 7.98. The van der Waals surface area contributed by atoms with Gasteiger partial charge in [0.25, 0.3) is 0 Å². The molecule has 0 spiro atoms. The van der Waals surface area contributed by atoms with Crippen molar-refractivity contribution >= 4 is 23.5 Å². The van der Waals surface area contributed by atoms with Crippen molar-refractivity contribution in [1.82, 2.24) is 0 Å². The van der Waals surface area contributed by atoms with Crippen molar-refractivity contribution < 1.29 is 30.6 Å². The number of rotatable bonds is 18. The van der Waals surface area contributed by atoms with Crippen LogP contribution in [0.2, 0.25) is 0 Å². The fourth-order valence-corrected chi connectivity index (χ4v) is 5.41. The average Bonchev–Trinajstić information content (AvgIpc) is 2.96. The molecule has 1 saturated carbocycles. The number of benzene rings is 2. The minimum absolute atomic E-state index is 0. The van der Waals surface area contributed by atoms with Crippen LogP contribution in [0.1, 0.15) is 44.7 Å². The summed E-state index contributed by atoms with van der Waals surface area (Å²) in [6, 6.07) is 16.7. The smallest absolute Gasteiger partial charge is 0.119 e. The van der Waals surface area contributed by atoms with Crippen LogP contribution >= 0.6 is 23.5 Å². The highest BCUT2D eigenvalue weighted by atomic mass is 32.2. The molecule has 0 aliphatic heterocycles. The highest BCUT2D eigenvalue weighted by Crippen LogP contribution is 2.45. The normalized spacial score (nSPS) is 16.6. The maximum absolute atomic E-state index is 10.1. The third-order valence-electron chi connectivity index (χ3n) is 6.89. The summed E-state index contributed by atoms with van der Waals surface area (Å²) in [5, 5.41) is 20.2. The predicted octanol–water partition coefficient (Wildman–Crippen LogP) is 5.42. The minimum atomic E-state index is -0.643. The number of aliphatic hydroxyl groups is 2. The molecule has 2 unspecified atom stereocenters. The lowest BCUT2D eigenvalue weighted by Crippen LogP contribution is -2.30. The maximum Gasteiger partial charge on any atom is 0.119 e. The Hall–Kier alpha value is -1.42. The van der Waals surface area contributed by atoms with E-state index in [2.05, 4.69) is 24.3 Å². The largest absolute Gasteiger partial charge is 0.491 e. The van der Waals surface area contributed by atoms with Gasteiger partial charge in [0.2, 0.25) is 0 Å². The van der Waals surface area contributed by atoms with E-state index in [1.165, 1.54) is 30.4 Å². The van der Waals surface area contributed by atoms with Gasteiger partial charge in [-0.25, -0.2) is 0 Å². The van der Waals surface area contributed by atoms with Crippen LogP contribution in [0.4, 0.5) is 0 Å². The van der Waals surface area contributed by atoms with Crippen LogP contribution in [-0.2, 0) is 14.9 Å². The number of aliphatic hydroxyl groups excluding tert-OH is 2. The zero-order valence-electron chi connectivity index (χ0n) is 22.8. The summed E-state index contributed by atoms with van der Waals surface area (Å²) in [5.41, 5.74) is 2.54. The van der Waals surface area contributed by atoms with E-state index >= 15 is 0 Å². The van der Waals surface area contributed by atoms with Gasteiger partial charge in [-0.05, 0) is 60.7 Å². The first-order valence-electron chi connectivity index (χ1n) is 13.5. The number of hydrogen-bond acceptors (Lipinski definition) is 8. The van der Waals surface area contributed by atoms with Crippen molar-refractivity contribution in [2.75, 3.05) is 63.7 Å². The van der Waals surface area contributed by atoms with Crippen molar-refractivity contribution in [2.24, 2.45) is 0 Å². The molecule has 8 heteroatoms. The summed E-state index contributed by atoms with van der Waals surface area (Å²) in [4.78, 5) is 0. The SMILES string of the molecule is CSCCOCC(O)COc1ccc(C2(c3ccc(OCC(O)COCCSC)cc3)CCCCC2)cc1.[HH]. The fraction of sp³-hybridized carbons (Fsp3) is 0.600. The van der Waals surface area contributed by atoms with Gasteiger partial charge in [0, 0.05) is 18.3 Å². The molecule has 0 radical (unpaired) electrons. The Kier molecular flexibility index (Phi) is 14.2. The summed E-state index contributed by atoms with van der Waals surface area (Å²) in [6.07, 6.45) is 8.64. The van der Waals surface area contributed by atoms with Crippen molar-refractivity contribution in [2.45, 2.75) is 49.7 Å². The van der Waals surface area contributed by atoms with E-state index in [-0.39, 0.29) is 33.3 Å². The second-order valence-electron chi connectivity index (χ2n) is 9.76. The first kappa shape index (κ1) is 31.1. The molecule has 2 aromatic rings. The summed E-state index contributed by atoms with van der Waals surface area (Å²) in [7, 11) is 0. The van der Waals surface area contributed by atoms with Crippen LogP contribution < -0.4 is 9.47 Å². The molecular weight excluding hydrogens is 520 g/mol. The van der Waals surface area contributed by atoms with E-state index in [9.17, 15) is 10.2 Å². The van der Waals surface area contributed by atoms with E-state index in [1.54, 1.807) is 23.5 Å². The van der Waals surface area contributed by atoms with E-state index in [0.717, 1.165) is 35.8 Å². The molecule has 0 amide bonds. The van der Waals surface area contributed by atoms with Gasteiger partial charge in [-0.2, -0.15) is 23.5 Å². The first-order valence-corrected chi connectivity index (χ1v) is 16.3. The van der Waals surface area contributed by atoms with Gasteiger partial charge >= 0.3 is 0 Å². The lowest BCUT2D eigenvalue weighted by Gasteiger charge is -2.38. The quantitative estimate of drug-likeness (QED) is 0.232. The van der Waals surface area contributed by atoms with Crippen LogP contribution in [0.3, 0.4) is 0 Å². The minimum Gasteiger partial charge on any atom is -0.491 e. The standard InChI is InChI=1S/C30H44O6S2.H2/c1-37-18-16-33-20-26(31)22-35-28-10-6-24(7-11-28)30(14-4-3-5-15-30)25-8-12-29(13-9-25)36-23-27(32)21-34-17-19-38-2;/h6-13,26-27,31-32H,3-5,14-23H2,1-2H3;1H. The molecule has 1 aliphatic carbocycles. The molecule has 214 valence electrons. The molecule has 2 atom stereocenters. The van der Waals surface area contributed by atoms with Gasteiger partial charge in [0.15, 0.2) is 0 Å². The molecule has 6 nitrogen and oxygen atoms in total. The van der Waals surface area contributed by atoms with E-state index in [0.29, 0.717) is 13.2 Å². The molecule has 3 rings (SSSR count). The Morgan fingerprint density at radius 2 is 1.11 bits per heavy atom. The van der Waals surface area contributed by atoms with E-state index < -0.39 is 12.2 Å². The van der Waals surface area contributed by atoms with Crippen LogP contribution in [0.15, 0.2) is 48.5 Å². The average molecular weight is 567 g/mol. The second kappa shape index (κ2) is 17.3. The molecule has 0 saturated heterocycles. The highest BCUT2D eigenvalue weighted by Gasteiger charge is 2.35. The second-order valence-corrected chi connectivity index (χ2v) is 11.7. The maximum atomic E-state index is 10.1. The molecule has 2 aromatic carbocycles. The first-order chi connectivity index (χ1) is 18.6. The third-order valence-corrected chi connectivity index (χ3v) is 8.04. The predicted molar refractivity (Wildman–Crippen MR) is 160 cm³/mol. The summed E-state index contributed by atoms with van der Waals surface area (Å²) < 4.78 is 22.6. The van der Waals surface area contributed by atoms with Crippen LogP contribution in [0.5, 0.6) is 11.5 Å². The van der Waals surface area contributed by atoms with E-state index in [1.807, 2.05) is 36.8 Å². The van der Waals surface area contributed by atoms with Crippen molar-refractivity contribution in [3.63, 3.8) is 0 Å². The van der Waals surface area contributed by atoms with Gasteiger partial charge in [-0.3, -0.25) is 0 Å². The Bertz CT molecular complexity index is 826. The molecule has 0 aromatic heterocycles. The van der Waals surface area contributed by atoms with Gasteiger partial charge in [0.1, 0.15) is 36.9 Å². The molecular formula is C30H46O6S2. The van der Waals surface area contributed by atoms with Crippen molar-refractivity contribution in [1.29, 1.82) is 0 Å². The van der Waals surface area contributed by atoms with Crippen molar-refractivity contribution in [3.8, 4) is 11.5 Å². The van der Waals surface area contributed by atoms with Crippen LogP contribution in [0.25, 0.3) is 0 Å². The Labute approximate surface area is 238 Å². The van der Waals surface area contributed by atoms with Gasteiger partial charge < -0.3 is 29.2 Å². The molecule has 1 aliphatic rings. The summed E-state index contributed by atoms with van der Waals surface area (Å²) >= 11 is 3.45. The summed E-state index contributed by atoms with van der Waals surface area (Å²) in [5.74, 6) is 3.35. The van der Waals surface area contributed by atoms with Gasteiger partial charge in [-0.1, -0.05) is 43.5 Å². The Balaban J connectivity index is 0.00000533. The molecule has 2 N–H and O–H groups in total. The zero-order chi connectivity index (χ0) is 27.1. The lowest BCUT2D eigenvalue weighted by molar-refractivity contribution is 0.0173. The molecule has 38 heavy (non-hydrogen) atoms. The van der Waals surface area contributed by atoms with Crippen molar-refractivity contribution in [3.05, 3.63) is 59.7 Å². The Morgan fingerprint density at radius 1 is 0.684 bits per heavy atom. The third kappa shape index (κ3) is 9.96. The fourth-order valence-electron chi connectivity index (χ4n) is 4.84. The number of thioether (sulfide) groups is 2. The van der Waals surface area contributed by atoms with Gasteiger partial charge in [0.05, 0.1) is 26.4 Å². The van der Waals surface area contributed by atoms with Crippen LogP contribution in [-0.4, -0.2) is 86.1 Å².